The second kappa shape index (κ2) is 6.14. The summed E-state index contributed by atoms with van der Waals surface area (Å²) in [7, 11) is -0.767. The van der Waals surface area contributed by atoms with Crippen LogP contribution in [0.2, 0.25) is 13.1 Å². The van der Waals surface area contributed by atoms with E-state index in [1.807, 2.05) is 0 Å². The summed E-state index contributed by atoms with van der Waals surface area (Å²) >= 11 is 0. The summed E-state index contributed by atoms with van der Waals surface area (Å²) in [6.45, 7) is 11.2. The van der Waals surface area contributed by atoms with Gasteiger partial charge in [0.05, 0.1) is 0 Å². The molecule has 0 heterocycles. The first-order valence-corrected chi connectivity index (χ1v) is 9.21. The van der Waals surface area contributed by atoms with Gasteiger partial charge in [0.15, 0.2) is 5.78 Å². The van der Waals surface area contributed by atoms with E-state index >= 15 is 0 Å². The average molecular weight is 255 g/mol. The summed E-state index contributed by atoms with van der Waals surface area (Å²) in [5.74, 6) is 1.06. The van der Waals surface area contributed by atoms with Gasteiger partial charge in [0.1, 0.15) is 6.10 Å². The summed E-state index contributed by atoms with van der Waals surface area (Å²) in [5.41, 5.74) is 0.358. The van der Waals surface area contributed by atoms with E-state index in [2.05, 4.69) is 33.9 Å². The van der Waals surface area contributed by atoms with E-state index in [0.29, 0.717) is 17.6 Å². The molecule has 2 atom stereocenters. The van der Waals surface area contributed by atoms with Gasteiger partial charge >= 0.3 is 0 Å². The lowest BCUT2D eigenvalue weighted by molar-refractivity contribution is -0.127. The van der Waals surface area contributed by atoms with Crippen LogP contribution in [-0.4, -0.2) is 20.9 Å². The molecular formula is C14H27O2Si. The molecule has 0 spiro atoms. The molecular weight excluding hydrogens is 228 g/mol. The van der Waals surface area contributed by atoms with Crippen molar-refractivity contribution in [1.82, 2.24) is 0 Å². The van der Waals surface area contributed by atoms with E-state index in [1.165, 1.54) is 6.42 Å². The van der Waals surface area contributed by atoms with Crippen molar-refractivity contribution in [1.29, 1.82) is 0 Å². The van der Waals surface area contributed by atoms with Crippen LogP contribution in [0.1, 0.15) is 52.9 Å². The van der Waals surface area contributed by atoms with Crippen LogP contribution in [0, 0.1) is 11.3 Å². The fourth-order valence-corrected chi connectivity index (χ4v) is 3.44. The molecule has 1 rings (SSSR count). The number of hydrogen-bond acceptors (Lipinski definition) is 2. The largest absolute Gasteiger partial charge is 0.407 e. The highest BCUT2D eigenvalue weighted by Crippen LogP contribution is 2.36. The molecule has 1 aliphatic rings. The maximum atomic E-state index is 12.0. The van der Waals surface area contributed by atoms with Gasteiger partial charge in [0.2, 0.25) is 9.04 Å². The van der Waals surface area contributed by atoms with Crippen LogP contribution in [0.15, 0.2) is 0 Å². The Morgan fingerprint density at radius 2 is 1.82 bits per heavy atom. The summed E-state index contributed by atoms with van der Waals surface area (Å²) in [5, 5.41) is 0. The summed E-state index contributed by atoms with van der Waals surface area (Å²) < 4.78 is 5.85. The van der Waals surface area contributed by atoms with Gasteiger partial charge in [-0.3, -0.25) is 4.79 Å². The Labute approximate surface area is 108 Å². The van der Waals surface area contributed by atoms with Crippen LogP contribution in [0.5, 0.6) is 0 Å². The second-order valence-corrected chi connectivity index (χ2v) is 8.57. The number of hydrogen-bond donors (Lipinski definition) is 0. The first-order chi connectivity index (χ1) is 7.80. The molecule has 0 N–H and O–H groups in total. The number of carbonyl (C=O) groups excluding carboxylic acids is 1. The fourth-order valence-electron chi connectivity index (χ4n) is 2.62. The molecule has 0 aromatic carbocycles. The van der Waals surface area contributed by atoms with Crippen molar-refractivity contribution in [2.45, 2.75) is 72.1 Å². The first-order valence-electron chi connectivity index (χ1n) is 6.80. The maximum absolute atomic E-state index is 12.0. The quantitative estimate of drug-likeness (QED) is 0.701. The molecule has 0 aliphatic heterocycles. The van der Waals surface area contributed by atoms with E-state index in [1.54, 1.807) is 0 Å². The Morgan fingerprint density at radius 3 is 2.35 bits per heavy atom. The third kappa shape index (κ3) is 4.92. The Morgan fingerprint density at radius 1 is 1.18 bits per heavy atom. The topological polar surface area (TPSA) is 26.3 Å². The molecule has 1 aliphatic carbocycles. The summed E-state index contributed by atoms with van der Waals surface area (Å²) in [4.78, 5) is 12.0. The van der Waals surface area contributed by atoms with Crippen molar-refractivity contribution in [2.24, 2.45) is 11.3 Å². The maximum Gasteiger partial charge on any atom is 0.206 e. The van der Waals surface area contributed by atoms with Gasteiger partial charge in [0, 0.05) is 6.42 Å². The lowest BCUT2D eigenvalue weighted by Gasteiger charge is -2.34. The number of ketones is 1. The molecule has 0 amide bonds. The third-order valence-corrected chi connectivity index (χ3v) is 4.47. The van der Waals surface area contributed by atoms with Gasteiger partial charge in [-0.1, -0.05) is 20.8 Å². The number of carbonyl (C=O) groups is 1. The SMILES string of the molecule is C[Si](C)OC1CCC(C(C)(C)C)CCCC1=O. The Bertz CT molecular complexity index is 255. The molecule has 2 unspecified atom stereocenters. The highest BCUT2D eigenvalue weighted by atomic mass is 28.3. The Kier molecular flexibility index (Phi) is 5.39. The van der Waals surface area contributed by atoms with Crippen molar-refractivity contribution >= 4 is 14.8 Å². The molecule has 0 saturated heterocycles. The van der Waals surface area contributed by atoms with E-state index in [-0.39, 0.29) is 6.10 Å². The van der Waals surface area contributed by atoms with Gasteiger partial charge in [-0.05, 0) is 50.1 Å². The molecule has 99 valence electrons. The fraction of sp³-hybridized carbons (Fsp3) is 0.929. The second-order valence-electron chi connectivity index (χ2n) is 6.51. The highest BCUT2D eigenvalue weighted by molar-refractivity contribution is 6.48. The zero-order chi connectivity index (χ0) is 13.1. The molecule has 1 fully saturated rings. The van der Waals surface area contributed by atoms with Gasteiger partial charge in [-0.2, -0.15) is 0 Å². The van der Waals surface area contributed by atoms with Crippen LogP contribution in [0.25, 0.3) is 0 Å². The third-order valence-electron chi connectivity index (χ3n) is 3.71. The minimum absolute atomic E-state index is 0.107. The lowest BCUT2D eigenvalue weighted by atomic mass is 9.73. The predicted octanol–water partition coefficient (Wildman–Crippen LogP) is 3.82. The minimum atomic E-state index is -0.767. The van der Waals surface area contributed by atoms with Crippen molar-refractivity contribution in [2.75, 3.05) is 0 Å². The van der Waals surface area contributed by atoms with E-state index in [0.717, 1.165) is 25.2 Å². The van der Waals surface area contributed by atoms with E-state index in [9.17, 15) is 4.79 Å². The van der Waals surface area contributed by atoms with Crippen molar-refractivity contribution in [3.63, 3.8) is 0 Å². The van der Waals surface area contributed by atoms with Crippen LogP contribution in [0.3, 0.4) is 0 Å². The minimum Gasteiger partial charge on any atom is -0.407 e. The summed E-state index contributed by atoms with van der Waals surface area (Å²) in [6.07, 6.45) is 4.90. The van der Waals surface area contributed by atoms with Crippen molar-refractivity contribution < 1.29 is 9.22 Å². The number of rotatable bonds is 2. The van der Waals surface area contributed by atoms with E-state index < -0.39 is 9.04 Å². The van der Waals surface area contributed by atoms with Gasteiger partial charge < -0.3 is 4.43 Å². The van der Waals surface area contributed by atoms with Crippen LogP contribution in [-0.2, 0) is 9.22 Å². The molecule has 0 bridgehead atoms. The summed E-state index contributed by atoms with van der Waals surface area (Å²) in [6, 6.07) is 0. The Hall–Kier alpha value is -0.153. The van der Waals surface area contributed by atoms with Crippen LogP contribution in [0.4, 0.5) is 0 Å². The molecule has 3 heteroatoms. The van der Waals surface area contributed by atoms with Crippen LogP contribution < -0.4 is 0 Å². The molecule has 1 radical (unpaired) electrons. The first kappa shape index (κ1) is 14.9. The molecule has 0 aromatic rings. The van der Waals surface area contributed by atoms with Crippen LogP contribution >= 0.6 is 0 Å². The monoisotopic (exact) mass is 255 g/mol. The van der Waals surface area contributed by atoms with E-state index in [4.69, 9.17) is 4.43 Å². The predicted molar refractivity (Wildman–Crippen MR) is 73.4 cm³/mol. The number of Topliss-reactive ketones (excluding diaryl/α,β-unsaturated/α-hetero) is 1. The molecule has 0 aromatic heterocycles. The molecule has 1 saturated carbocycles. The highest BCUT2D eigenvalue weighted by Gasteiger charge is 2.30. The zero-order valence-corrected chi connectivity index (χ0v) is 13.0. The lowest BCUT2D eigenvalue weighted by Crippen LogP contribution is -2.33. The van der Waals surface area contributed by atoms with Gasteiger partial charge in [-0.15, -0.1) is 0 Å². The molecule has 2 nitrogen and oxygen atoms in total. The average Bonchev–Trinajstić information content (AvgIpc) is 2.15. The molecule has 17 heavy (non-hydrogen) atoms. The van der Waals surface area contributed by atoms with Crippen molar-refractivity contribution in [3.8, 4) is 0 Å². The van der Waals surface area contributed by atoms with Crippen molar-refractivity contribution in [3.05, 3.63) is 0 Å². The van der Waals surface area contributed by atoms with Gasteiger partial charge in [0.25, 0.3) is 0 Å². The smallest absolute Gasteiger partial charge is 0.206 e. The van der Waals surface area contributed by atoms with Gasteiger partial charge in [-0.25, -0.2) is 0 Å². The zero-order valence-electron chi connectivity index (χ0n) is 12.0. The Balaban J connectivity index is 2.61. The normalized spacial score (nSPS) is 28.0. The standard InChI is InChI=1S/C14H27O2Si/c1-14(2,3)11-7-6-8-12(15)13(10-9-11)16-17(4)5/h11,13H,6-10H2,1-5H3.